The first-order chi connectivity index (χ1) is 13.2. The first-order valence-electron chi connectivity index (χ1n) is 10.3. The molecule has 3 N–H and O–H groups in total. The number of piperidine rings is 1. The van der Waals surface area contributed by atoms with Crippen LogP contribution in [0.4, 0.5) is 5.69 Å². The predicted octanol–water partition coefficient (Wildman–Crippen LogP) is 3.00. The number of aliphatic hydroxyl groups excluding tert-OH is 1. The molecule has 1 aromatic carbocycles. The number of anilines is 1. The second kappa shape index (κ2) is 11.7. The van der Waals surface area contributed by atoms with E-state index in [9.17, 15) is 5.11 Å². The number of nitrogens with one attached hydrogen (secondary N) is 2. The molecule has 1 saturated heterocycles. The molecule has 6 nitrogen and oxygen atoms in total. The average molecular weight is 502 g/mol. The summed E-state index contributed by atoms with van der Waals surface area (Å²) in [6.45, 7) is 5.64. The number of rotatable bonds is 6. The molecule has 3 atom stereocenters. The second-order valence-electron chi connectivity index (χ2n) is 7.61. The topological polar surface area (TPSA) is 69.1 Å². The Balaban J connectivity index is 0.00000280. The molecule has 28 heavy (non-hydrogen) atoms. The molecule has 1 aromatic rings. The first-order valence-corrected chi connectivity index (χ1v) is 10.3. The maximum Gasteiger partial charge on any atom is 0.191 e. The Morgan fingerprint density at radius 3 is 2.86 bits per heavy atom. The number of methoxy groups -OCH3 is 1. The Labute approximate surface area is 186 Å². The molecule has 3 unspecified atom stereocenters. The molecule has 2 fully saturated rings. The summed E-state index contributed by atoms with van der Waals surface area (Å²) >= 11 is 0. The van der Waals surface area contributed by atoms with Crippen LogP contribution < -0.4 is 20.3 Å². The average Bonchev–Trinajstić information content (AvgIpc) is 3.11. The highest BCUT2D eigenvalue weighted by atomic mass is 127. The van der Waals surface area contributed by atoms with E-state index in [4.69, 9.17) is 9.73 Å². The smallest absolute Gasteiger partial charge is 0.191 e. The van der Waals surface area contributed by atoms with Crippen LogP contribution in [0.1, 0.15) is 39.0 Å². The van der Waals surface area contributed by atoms with E-state index in [-0.39, 0.29) is 30.1 Å². The molecular weight excluding hydrogens is 467 g/mol. The third-order valence-electron chi connectivity index (χ3n) is 5.63. The van der Waals surface area contributed by atoms with Gasteiger partial charge in [0.25, 0.3) is 0 Å². The van der Waals surface area contributed by atoms with Crippen LogP contribution in [0, 0.1) is 5.92 Å². The quantitative estimate of drug-likeness (QED) is 0.317. The van der Waals surface area contributed by atoms with Crippen LogP contribution in [0.15, 0.2) is 29.3 Å². The summed E-state index contributed by atoms with van der Waals surface area (Å²) in [7, 11) is 1.71. The molecule has 0 spiro atoms. The molecule has 0 amide bonds. The van der Waals surface area contributed by atoms with Gasteiger partial charge in [0.1, 0.15) is 5.75 Å². The Hall–Kier alpha value is -1.22. The minimum Gasteiger partial charge on any atom is -0.497 e. The zero-order valence-corrected chi connectivity index (χ0v) is 19.4. The summed E-state index contributed by atoms with van der Waals surface area (Å²) in [5.74, 6) is 2.07. The van der Waals surface area contributed by atoms with Gasteiger partial charge >= 0.3 is 0 Å². The van der Waals surface area contributed by atoms with E-state index in [0.29, 0.717) is 18.5 Å². The fourth-order valence-corrected chi connectivity index (χ4v) is 4.09. The number of ether oxygens (including phenoxy) is 1. The van der Waals surface area contributed by atoms with Crippen LogP contribution in [-0.2, 0) is 0 Å². The van der Waals surface area contributed by atoms with E-state index in [0.717, 1.165) is 63.4 Å². The van der Waals surface area contributed by atoms with Crippen molar-refractivity contribution in [2.45, 2.75) is 51.2 Å². The molecule has 1 aliphatic heterocycles. The minimum absolute atomic E-state index is 0. The molecule has 158 valence electrons. The van der Waals surface area contributed by atoms with Crippen LogP contribution in [0.3, 0.4) is 0 Å². The molecule has 1 saturated carbocycles. The van der Waals surface area contributed by atoms with Gasteiger partial charge in [-0.1, -0.05) is 12.5 Å². The Morgan fingerprint density at radius 1 is 1.29 bits per heavy atom. The van der Waals surface area contributed by atoms with Crippen molar-refractivity contribution in [1.29, 1.82) is 0 Å². The number of benzene rings is 1. The summed E-state index contributed by atoms with van der Waals surface area (Å²) in [4.78, 5) is 7.17. The monoisotopic (exact) mass is 502 g/mol. The maximum absolute atomic E-state index is 10.0. The molecule has 7 heteroatoms. The summed E-state index contributed by atoms with van der Waals surface area (Å²) < 4.78 is 5.37. The normalized spacial score (nSPS) is 25.2. The molecule has 0 bridgehead atoms. The van der Waals surface area contributed by atoms with E-state index in [1.165, 1.54) is 5.69 Å². The molecule has 1 heterocycles. The predicted molar refractivity (Wildman–Crippen MR) is 126 cm³/mol. The molecular formula is C21H35IN4O2. The number of hydrogen-bond acceptors (Lipinski definition) is 4. The highest BCUT2D eigenvalue weighted by molar-refractivity contribution is 14.0. The van der Waals surface area contributed by atoms with Crippen molar-refractivity contribution in [3.8, 4) is 5.75 Å². The lowest BCUT2D eigenvalue weighted by Gasteiger charge is -2.35. The number of guanidine groups is 1. The standard InChI is InChI=1S/C21H34N4O2.HI/c1-3-22-21(23-14-16-7-4-11-20(16)26)24-17-8-6-12-25(15-17)18-9-5-10-19(13-18)27-2;/h5,9-10,13,16-17,20,26H,3-4,6-8,11-12,14-15H2,1-2H3,(H2,22,23,24);1H. The Kier molecular flexibility index (Phi) is 9.64. The molecule has 0 radical (unpaired) electrons. The van der Waals surface area contributed by atoms with Gasteiger partial charge in [0, 0.05) is 49.9 Å². The van der Waals surface area contributed by atoms with Crippen molar-refractivity contribution in [2.24, 2.45) is 10.9 Å². The van der Waals surface area contributed by atoms with Gasteiger partial charge in [0.15, 0.2) is 5.96 Å². The van der Waals surface area contributed by atoms with Crippen molar-refractivity contribution in [3.05, 3.63) is 24.3 Å². The van der Waals surface area contributed by atoms with Gasteiger partial charge in [-0.2, -0.15) is 0 Å². The van der Waals surface area contributed by atoms with E-state index in [1.54, 1.807) is 7.11 Å². The summed E-state index contributed by atoms with van der Waals surface area (Å²) in [5.41, 5.74) is 1.21. The van der Waals surface area contributed by atoms with E-state index in [2.05, 4.69) is 34.6 Å². The largest absolute Gasteiger partial charge is 0.497 e. The van der Waals surface area contributed by atoms with Crippen molar-refractivity contribution in [2.75, 3.05) is 38.2 Å². The SMILES string of the molecule is CCNC(=NCC1CCCC1O)NC1CCCN(c2cccc(OC)c2)C1.I. The molecule has 2 aliphatic rings. The summed E-state index contributed by atoms with van der Waals surface area (Å²) in [6.07, 6.45) is 5.21. The van der Waals surface area contributed by atoms with Crippen molar-refractivity contribution >= 4 is 35.6 Å². The zero-order chi connectivity index (χ0) is 19.1. The van der Waals surface area contributed by atoms with Gasteiger partial charge in [-0.25, -0.2) is 0 Å². The van der Waals surface area contributed by atoms with Gasteiger partial charge in [-0.3, -0.25) is 4.99 Å². The number of hydrogen-bond donors (Lipinski definition) is 3. The minimum atomic E-state index is -0.185. The Bertz CT molecular complexity index is 628. The van der Waals surface area contributed by atoms with Gasteiger partial charge in [0.05, 0.1) is 13.2 Å². The van der Waals surface area contributed by atoms with Crippen LogP contribution in [0.2, 0.25) is 0 Å². The van der Waals surface area contributed by atoms with Gasteiger partial charge in [-0.05, 0) is 44.7 Å². The summed E-state index contributed by atoms with van der Waals surface area (Å²) in [6, 6.07) is 8.63. The van der Waals surface area contributed by atoms with Crippen molar-refractivity contribution in [3.63, 3.8) is 0 Å². The molecule has 1 aliphatic carbocycles. The molecule has 3 rings (SSSR count). The third kappa shape index (κ3) is 6.40. The lowest BCUT2D eigenvalue weighted by atomic mass is 10.0. The number of aliphatic imine (C=N–C) groups is 1. The third-order valence-corrected chi connectivity index (χ3v) is 5.63. The number of halogens is 1. The highest BCUT2D eigenvalue weighted by Gasteiger charge is 2.25. The summed E-state index contributed by atoms with van der Waals surface area (Å²) in [5, 5.41) is 17.0. The Morgan fingerprint density at radius 2 is 2.14 bits per heavy atom. The van der Waals surface area contributed by atoms with Gasteiger partial charge in [-0.15, -0.1) is 24.0 Å². The number of nitrogens with zero attached hydrogens (tertiary/aromatic N) is 2. The van der Waals surface area contributed by atoms with E-state index < -0.39 is 0 Å². The van der Waals surface area contributed by atoms with Crippen molar-refractivity contribution < 1.29 is 9.84 Å². The highest BCUT2D eigenvalue weighted by Crippen LogP contribution is 2.26. The van der Waals surface area contributed by atoms with E-state index >= 15 is 0 Å². The van der Waals surface area contributed by atoms with Gasteiger partial charge in [0.2, 0.25) is 0 Å². The molecule has 0 aromatic heterocycles. The fraction of sp³-hybridized carbons (Fsp3) is 0.667. The van der Waals surface area contributed by atoms with Crippen LogP contribution in [-0.4, -0.2) is 56.5 Å². The van der Waals surface area contributed by atoms with E-state index in [1.807, 2.05) is 12.1 Å². The van der Waals surface area contributed by atoms with Crippen LogP contribution >= 0.6 is 24.0 Å². The van der Waals surface area contributed by atoms with Crippen molar-refractivity contribution in [1.82, 2.24) is 10.6 Å². The van der Waals surface area contributed by atoms with Crippen LogP contribution in [0.25, 0.3) is 0 Å². The number of aliphatic hydroxyl groups is 1. The first kappa shape index (κ1) is 23.1. The van der Waals surface area contributed by atoms with Crippen LogP contribution in [0.5, 0.6) is 5.75 Å². The lowest BCUT2D eigenvalue weighted by Crippen LogP contribution is -2.51. The lowest BCUT2D eigenvalue weighted by molar-refractivity contribution is 0.136. The fourth-order valence-electron chi connectivity index (χ4n) is 4.09. The zero-order valence-electron chi connectivity index (χ0n) is 17.1. The second-order valence-corrected chi connectivity index (χ2v) is 7.61. The van der Waals surface area contributed by atoms with Gasteiger partial charge < -0.3 is 25.4 Å². The maximum atomic E-state index is 10.0.